The summed E-state index contributed by atoms with van der Waals surface area (Å²) in [5, 5.41) is 0. The molecular formula is C67H52N2. The molecule has 0 aromatic heterocycles. The van der Waals surface area contributed by atoms with Gasteiger partial charge in [0.25, 0.3) is 0 Å². The number of benzene rings is 8. The Labute approximate surface area is 406 Å². The number of allylic oxidation sites excluding steroid dienone is 11. The van der Waals surface area contributed by atoms with Crippen LogP contribution in [0.15, 0.2) is 272 Å². The highest BCUT2D eigenvalue weighted by atomic mass is 15.2. The maximum absolute atomic E-state index is 2.52. The lowest BCUT2D eigenvalue weighted by Gasteiger charge is -2.36. The van der Waals surface area contributed by atoms with Crippen molar-refractivity contribution in [3.63, 3.8) is 0 Å². The normalized spacial score (nSPS) is 19.4. The van der Waals surface area contributed by atoms with E-state index < -0.39 is 0 Å². The van der Waals surface area contributed by atoms with Gasteiger partial charge in [-0.15, -0.1) is 0 Å². The van der Waals surface area contributed by atoms with E-state index in [0.717, 1.165) is 31.4 Å². The maximum Gasteiger partial charge on any atom is 0.0541 e. The Morgan fingerprint density at radius 1 is 0.420 bits per heavy atom. The van der Waals surface area contributed by atoms with Crippen LogP contribution in [0.25, 0.3) is 39.0 Å². The summed E-state index contributed by atoms with van der Waals surface area (Å²) in [6.07, 6.45) is 22.7. The standard InChI is InChI=1S/C67H52N2/c1-4-16-47(17-5-1)50-28-34-53(35-29-50)68(54-36-30-51(31-37-54)48-18-6-2-7-19-48)56-40-42-57(43-41-56)69(55-38-32-52(33-39-55)49-20-8-3-9-21-49)58-44-45-66-62(46-58)61-24-12-15-27-65(61)67(66)63-25-13-10-22-59(63)60-23-11-14-26-64(60)67/h1-25,27-30,32-40,42,44-46,51,64H,26,31,41,43H2/t51?,64?,67-/m0/s1. The first-order chi connectivity index (χ1) is 34.2. The molecule has 13 rings (SSSR count). The van der Waals surface area contributed by atoms with Crippen LogP contribution in [0, 0.1) is 5.92 Å². The lowest BCUT2D eigenvalue weighted by Crippen LogP contribution is -2.32. The third-order valence-electron chi connectivity index (χ3n) is 15.4. The molecule has 2 heteroatoms. The molecule has 0 fully saturated rings. The Hall–Kier alpha value is -8.20. The second kappa shape index (κ2) is 17.1. The van der Waals surface area contributed by atoms with Gasteiger partial charge in [-0.25, -0.2) is 0 Å². The van der Waals surface area contributed by atoms with E-state index in [2.05, 4.69) is 265 Å². The molecule has 0 saturated heterocycles. The summed E-state index contributed by atoms with van der Waals surface area (Å²) in [5.41, 5.74) is 23.1. The second-order valence-electron chi connectivity index (χ2n) is 19.0. The van der Waals surface area contributed by atoms with Crippen LogP contribution in [-0.2, 0) is 5.41 Å². The monoisotopic (exact) mass is 884 g/mol. The summed E-state index contributed by atoms with van der Waals surface area (Å²) in [4.78, 5) is 5.02. The van der Waals surface area contributed by atoms with Crippen LogP contribution in [0.1, 0.15) is 59.4 Å². The zero-order chi connectivity index (χ0) is 45.7. The largest absolute Gasteiger partial charge is 0.315 e. The first kappa shape index (κ1) is 41.0. The zero-order valence-corrected chi connectivity index (χ0v) is 38.6. The van der Waals surface area contributed by atoms with Crippen LogP contribution < -0.4 is 9.80 Å². The van der Waals surface area contributed by atoms with E-state index in [1.54, 1.807) is 0 Å². The highest BCUT2D eigenvalue weighted by Crippen LogP contribution is 2.65. The molecule has 0 heterocycles. The minimum Gasteiger partial charge on any atom is -0.315 e. The summed E-state index contributed by atoms with van der Waals surface area (Å²) in [5.74, 6) is 0.705. The number of hydrogen-bond donors (Lipinski definition) is 0. The fourth-order valence-corrected chi connectivity index (χ4v) is 12.2. The van der Waals surface area contributed by atoms with Crippen LogP contribution in [0.3, 0.4) is 0 Å². The quantitative estimate of drug-likeness (QED) is 0.142. The highest BCUT2D eigenvalue weighted by molar-refractivity contribution is 5.94. The molecule has 0 N–H and O–H groups in total. The number of nitrogens with zero attached hydrogens (tertiary/aromatic N) is 2. The fourth-order valence-electron chi connectivity index (χ4n) is 12.2. The Kier molecular flexibility index (Phi) is 10.2. The van der Waals surface area contributed by atoms with Gasteiger partial charge in [-0.1, -0.05) is 200 Å². The number of hydrogen-bond acceptors (Lipinski definition) is 2. The molecule has 8 aromatic carbocycles. The lowest BCUT2D eigenvalue weighted by atomic mass is 9.65. The van der Waals surface area contributed by atoms with E-state index in [-0.39, 0.29) is 5.41 Å². The third kappa shape index (κ3) is 6.93. The van der Waals surface area contributed by atoms with Crippen LogP contribution in [0.2, 0.25) is 0 Å². The van der Waals surface area contributed by atoms with Gasteiger partial charge in [0.05, 0.1) is 5.41 Å². The Morgan fingerprint density at radius 3 is 1.57 bits per heavy atom. The van der Waals surface area contributed by atoms with E-state index >= 15 is 0 Å². The van der Waals surface area contributed by atoms with Crippen molar-refractivity contribution >= 4 is 22.6 Å². The second-order valence-corrected chi connectivity index (χ2v) is 19.0. The van der Waals surface area contributed by atoms with E-state index in [1.165, 1.54) is 95.2 Å². The topological polar surface area (TPSA) is 6.48 Å². The molecule has 5 aliphatic rings. The molecule has 5 aliphatic carbocycles. The summed E-state index contributed by atoms with van der Waals surface area (Å²) in [6.45, 7) is 0. The Balaban J connectivity index is 0.921. The van der Waals surface area contributed by atoms with E-state index in [1.807, 2.05) is 0 Å². The van der Waals surface area contributed by atoms with Gasteiger partial charge in [0.15, 0.2) is 0 Å². The molecule has 0 amide bonds. The van der Waals surface area contributed by atoms with E-state index in [0.29, 0.717) is 11.8 Å². The van der Waals surface area contributed by atoms with Gasteiger partial charge in [0.2, 0.25) is 0 Å². The predicted octanol–water partition coefficient (Wildman–Crippen LogP) is 17.1. The minimum atomic E-state index is -0.242. The zero-order valence-electron chi connectivity index (χ0n) is 38.6. The smallest absolute Gasteiger partial charge is 0.0541 e. The molecule has 8 aromatic rings. The molecule has 2 nitrogen and oxygen atoms in total. The highest BCUT2D eigenvalue weighted by Gasteiger charge is 2.56. The number of fused-ring (bicyclic) bond motifs is 10. The van der Waals surface area contributed by atoms with Crippen molar-refractivity contribution in [2.45, 2.75) is 37.0 Å². The predicted molar refractivity (Wildman–Crippen MR) is 288 cm³/mol. The van der Waals surface area contributed by atoms with Gasteiger partial charge in [-0.2, -0.15) is 0 Å². The van der Waals surface area contributed by atoms with Crippen molar-refractivity contribution < 1.29 is 0 Å². The van der Waals surface area contributed by atoms with Crippen LogP contribution in [0.5, 0.6) is 0 Å². The van der Waals surface area contributed by atoms with Gasteiger partial charge < -0.3 is 9.80 Å². The summed E-state index contributed by atoms with van der Waals surface area (Å²) < 4.78 is 0. The van der Waals surface area contributed by atoms with Gasteiger partial charge in [-0.3, -0.25) is 0 Å². The summed E-state index contributed by atoms with van der Waals surface area (Å²) >= 11 is 0. The minimum absolute atomic E-state index is 0.242. The first-order valence-electron chi connectivity index (χ1n) is 24.7. The van der Waals surface area contributed by atoms with Gasteiger partial charge in [-0.05, 0) is 147 Å². The molecule has 0 saturated carbocycles. The van der Waals surface area contributed by atoms with Gasteiger partial charge in [0, 0.05) is 46.0 Å². The molecule has 69 heavy (non-hydrogen) atoms. The van der Waals surface area contributed by atoms with Crippen molar-refractivity contribution in [3.05, 3.63) is 300 Å². The number of anilines is 3. The molecule has 3 atom stereocenters. The van der Waals surface area contributed by atoms with Crippen molar-refractivity contribution in [3.8, 4) is 33.4 Å². The molecule has 0 bridgehead atoms. The van der Waals surface area contributed by atoms with Crippen LogP contribution >= 0.6 is 0 Å². The summed E-state index contributed by atoms with van der Waals surface area (Å²) in [6, 6.07) is 76.4. The average Bonchev–Trinajstić information content (AvgIpc) is 3.90. The average molecular weight is 885 g/mol. The van der Waals surface area contributed by atoms with Gasteiger partial charge >= 0.3 is 0 Å². The third-order valence-corrected chi connectivity index (χ3v) is 15.4. The molecule has 330 valence electrons. The molecular weight excluding hydrogens is 833 g/mol. The first-order valence-corrected chi connectivity index (χ1v) is 24.7. The van der Waals surface area contributed by atoms with Crippen molar-refractivity contribution in [2.75, 3.05) is 9.80 Å². The lowest BCUT2D eigenvalue weighted by molar-refractivity contribution is 0.494. The fraction of sp³-hybridized carbons (Fsp3) is 0.104. The van der Waals surface area contributed by atoms with Crippen molar-refractivity contribution in [1.29, 1.82) is 0 Å². The summed E-state index contributed by atoms with van der Waals surface area (Å²) in [7, 11) is 0. The van der Waals surface area contributed by atoms with Crippen LogP contribution in [-0.4, -0.2) is 0 Å². The molecule has 1 spiro atoms. The Morgan fingerprint density at radius 2 is 0.942 bits per heavy atom. The van der Waals surface area contributed by atoms with Crippen molar-refractivity contribution in [1.82, 2.24) is 0 Å². The SMILES string of the molecule is C1=CCC2C(=C1)c1ccccc1[C@@]21c2ccccc2-c2cc(N(C3=CC=C(N(C4=CCC(c5ccccc5)C=C4)c4ccc(-c5ccccc5)cc4)CC3)c3ccc(-c4ccccc4)cc3)ccc21. The maximum atomic E-state index is 2.52. The molecule has 0 radical (unpaired) electrons. The van der Waals surface area contributed by atoms with Gasteiger partial charge in [0.1, 0.15) is 0 Å². The van der Waals surface area contributed by atoms with Crippen molar-refractivity contribution in [2.24, 2.45) is 5.92 Å². The number of rotatable bonds is 9. The Bertz CT molecular complexity index is 3420. The van der Waals surface area contributed by atoms with E-state index in [9.17, 15) is 0 Å². The van der Waals surface area contributed by atoms with Crippen LogP contribution in [0.4, 0.5) is 17.1 Å². The van der Waals surface area contributed by atoms with E-state index in [4.69, 9.17) is 0 Å². The molecule has 0 aliphatic heterocycles. The molecule has 2 unspecified atom stereocenters.